The lowest BCUT2D eigenvalue weighted by molar-refractivity contribution is -0.115. The Morgan fingerprint density at radius 2 is 2.00 bits per heavy atom. The van der Waals surface area contributed by atoms with Crippen molar-refractivity contribution in [1.29, 1.82) is 5.26 Å². The van der Waals surface area contributed by atoms with Crippen LogP contribution in [0.25, 0.3) is 0 Å². The molecule has 0 unspecified atom stereocenters. The summed E-state index contributed by atoms with van der Waals surface area (Å²) in [7, 11) is 0. The zero-order chi connectivity index (χ0) is 19.9. The molecule has 8 heteroatoms. The smallest absolute Gasteiger partial charge is 0.237 e. The van der Waals surface area contributed by atoms with E-state index in [0.717, 1.165) is 12.1 Å². The number of carbonyl (C=O) groups is 1. The Kier molecular flexibility index (Phi) is 6.63. The van der Waals surface area contributed by atoms with Crippen LogP contribution in [0.2, 0.25) is 0 Å². The molecule has 1 amide bonds. The van der Waals surface area contributed by atoms with Crippen LogP contribution in [0.5, 0.6) is 0 Å². The third-order valence-electron chi connectivity index (χ3n) is 3.93. The zero-order valence-electron chi connectivity index (χ0n) is 15.5. The van der Waals surface area contributed by atoms with E-state index in [4.69, 9.17) is 5.26 Å². The van der Waals surface area contributed by atoms with Crippen LogP contribution >= 0.6 is 23.1 Å². The van der Waals surface area contributed by atoms with Crippen molar-refractivity contribution in [2.24, 2.45) is 0 Å². The van der Waals surface area contributed by atoms with Crippen LogP contribution < -0.4 is 10.6 Å². The van der Waals surface area contributed by atoms with Crippen molar-refractivity contribution in [3.63, 3.8) is 0 Å². The number of carbonyl (C=O) groups excluding carboxylic acids is 1. The van der Waals surface area contributed by atoms with Crippen molar-refractivity contribution in [3.8, 4) is 6.07 Å². The largest absolute Gasteiger partial charge is 0.330 e. The van der Waals surface area contributed by atoms with Gasteiger partial charge in [0.15, 0.2) is 4.34 Å². The molecule has 3 rings (SSSR count). The van der Waals surface area contributed by atoms with Crippen molar-refractivity contribution < 1.29 is 4.79 Å². The molecular weight excluding hydrogens is 390 g/mol. The van der Waals surface area contributed by atoms with E-state index >= 15 is 0 Å². The molecule has 0 saturated carbocycles. The Bertz CT molecular complexity index is 994. The second-order valence-electron chi connectivity index (χ2n) is 5.99. The number of nitrogens with one attached hydrogen (secondary N) is 2. The number of anilines is 3. The summed E-state index contributed by atoms with van der Waals surface area (Å²) in [4.78, 5) is 12.4. The first-order chi connectivity index (χ1) is 13.6. The molecule has 0 bridgehead atoms. The maximum absolute atomic E-state index is 12.4. The van der Waals surface area contributed by atoms with Gasteiger partial charge in [0.25, 0.3) is 0 Å². The maximum atomic E-state index is 12.4. The van der Waals surface area contributed by atoms with Crippen LogP contribution in [-0.2, 0) is 11.2 Å². The highest BCUT2D eigenvalue weighted by Gasteiger charge is 2.17. The van der Waals surface area contributed by atoms with Crippen LogP contribution in [0.4, 0.5) is 16.5 Å². The van der Waals surface area contributed by atoms with Crippen LogP contribution in [0.15, 0.2) is 52.9 Å². The molecule has 0 aliphatic carbocycles. The van der Waals surface area contributed by atoms with E-state index in [-0.39, 0.29) is 11.2 Å². The molecule has 0 saturated heterocycles. The van der Waals surface area contributed by atoms with E-state index in [1.807, 2.05) is 19.1 Å². The predicted molar refractivity (Wildman–Crippen MR) is 114 cm³/mol. The molecule has 1 heterocycles. The van der Waals surface area contributed by atoms with Gasteiger partial charge in [-0.2, -0.15) is 5.26 Å². The van der Waals surface area contributed by atoms with Crippen LogP contribution in [0, 0.1) is 11.3 Å². The summed E-state index contributed by atoms with van der Waals surface area (Å²) >= 11 is 2.75. The lowest BCUT2D eigenvalue weighted by Crippen LogP contribution is -2.22. The number of aromatic nitrogens is 2. The first-order valence-electron chi connectivity index (χ1n) is 8.74. The van der Waals surface area contributed by atoms with E-state index in [1.165, 1.54) is 28.7 Å². The average molecular weight is 410 g/mol. The van der Waals surface area contributed by atoms with Gasteiger partial charge in [-0.3, -0.25) is 4.79 Å². The van der Waals surface area contributed by atoms with Gasteiger partial charge in [-0.15, -0.1) is 10.2 Å². The van der Waals surface area contributed by atoms with Crippen LogP contribution in [0.1, 0.15) is 25.0 Å². The maximum Gasteiger partial charge on any atom is 0.237 e. The molecule has 0 radical (unpaired) electrons. The minimum absolute atomic E-state index is 0.153. The average Bonchev–Trinajstić information content (AvgIpc) is 3.15. The molecule has 2 N–H and O–H groups in total. The number of rotatable bonds is 7. The van der Waals surface area contributed by atoms with Gasteiger partial charge in [0.05, 0.1) is 16.9 Å². The lowest BCUT2D eigenvalue weighted by atomic mass is 10.1. The lowest BCUT2D eigenvalue weighted by Gasteiger charge is -2.10. The molecule has 1 aromatic heterocycles. The summed E-state index contributed by atoms with van der Waals surface area (Å²) in [5.74, 6) is -0.153. The topological polar surface area (TPSA) is 90.7 Å². The summed E-state index contributed by atoms with van der Waals surface area (Å²) in [5, 5.41) is 23.6. The predicted octanol–water partition coefficient (Wildman–Crippen LogP) is 4.84. The van der Waals surface area contributed by atoms with Gasteiger partial charge >= 0.3 is 0 Å². The van der Waals surface area contributed by atoms with E-state index in [1.54, 1.807) is 24.3 Å². The second kappa shape index (κ2) is 9.35. The monoisotopic (exact) mass is 409 g/mol. The summed E-state index contributed by atoms with van der Waals surface area (Å²) < 4.78 is 0.709. The Labute approximate surface area is 172 Å². The van der Waals surface area contributed by atoms with Crippen LogP contribution in [0.3, 0.4) is 0 Å². The summed E-state index contributed by atoms with van der Waals surface area (Å²) in [6.07, 6.45) is 1.00. The summed E-state index contributed by atoms with van der Waals surface area (Å²) in [5.41, 5.74) is 3.34. The summed E-state index contributed by atoms with van der Waals surface area (Å²) in [6, 6.07) is 17.1. The fraction of sp³-hybridized carbons (Fsp3) is 0.200. The van der Waals surface area contributed by atoms with Crippen molar-refractivity contribution >= 4 is 45.5 Å². The number of thioether (sulfide) groups is 1. The van der Waals surface area contributed by atoms with Crippen LogP contribution in [-0.4, -0.2) is 21.4 Å². The third kappa shape index (κ3) is 5.31. The highest BCUT2D eigenvalue weighted by atomic mass is 32.2. The SMILES string of the molecule is CCc1ccc(Nc2nnc(S[C@H](C)C(=O)Nc3cccc(C#N)c3)s2)cc1. The number of hydrogen-bond acceptors (Lipinski definition) is 7. The van der Waals surface area contributed by atoms with Gasteiger partial charge in [-0.05, 0) is 49.2 Å². The van der Waals surface area contributed by atoms with Gasteiger partial charge in [-0.1, -0.05) is 48.2 Å². The molecule has 0 aliphatic rings. The third-order valence-corrected chi connectivity index (χ3v) is 5.95. The normalized spacial score (nSPS) is 11.5. The zero-order valence-corrected chi connectivity index (χ0v) is 17.1. The van der Waals surface area contributed by atoms with Crippen molar-refractivity contribution in [3.05, 3.63) is 59.7 Å². The Hall–Kier alpha value is -2.89. The first-order valence-corrected chi connectivity index (χ1v) is 10.4. The quantitative estimate of drug-likeness (QED) is 0.543. The highest BCUT2D eigenvalue weighted by molar-refractivity contribution is 8.02. The van der Waals surface area contributed by atoms with E-state index in [9.17, 15) is 4.79 Å². The number of aryl methyl sites for hydroxylation is 1. The number of hydrogen-bond donors (Lipinski definition) is 2. The standard InChI is InChI=1S/C20H19N5OS2/c1-3-14-7-9-16(10-8-14)23-19-24-25-20(28-19)27-13(2)18(26)22-17-6-4-5-15(11-17)12-21/h4-11,13H,3H2,1-2H3,(H,22,26)(H,23,24)/t13-/m1/s1. The van der Waals surface area contributed by atoms with Crippen molar-refractivity contribution in [2.45, 2.75) is 29.9 Å². The molecule has 142 valence electrons. The van der Waals surface area contributed by atoms with E-state index in [0.29, 0.717) is 20.7 Å². The molecule has 1 atom stereocenters. The summed E-state index contributed by atoms with van der Waals surface area (Å²) in [6.45, 7) is 3.93. The molecule has 0 fully saturated rings. The van der Waals surface area contributed by atoms with E-state index < -0.39 is 0 Å². The molecule has 3 aromatic rings. The fourth-order valence-electron chi connectivity index (χ4n) is 2.37. The Morgan fingerprint density at radius 3 is 2.71 bits per heavy atom. The molecule has 0 aliphatic heterocycles. The van der Waals surface area contributed by atoms with Gasteiger partial charge in [0, 0.05) is 11.4 Å². The van der Waals surface area contributed by atoms with Gasteiger partial charge < -0.3 is 10.6 Å². The van der Waals surface area contributed by atoms with Gasteiger partial charge in [0.2, 0.25) is 11.0 Å². The number of amides is 1. The highest BCUT2D eigenvalue weighted by Crippen LogP contribution is 2.31. The number of nitrogens with zero attached hydrogens (tertiary/aromatic N) is 3. The second-order valence-corrected chi connectivity index (χ2v) is 8.56. The minimum atomic E-state index is -0.352. The fourth-order valence-corrected chi connectivity index (χ4v) is 4.29. The van der Waals surface area contributed by atoms with Crippen molar-refractivity contribution in [1.82, 2.24) is 10.2 Å². The van der Waals surface area contributed by atoms with Crippen molar-refractivity contribution in [2.75, 3.05) is 10.6 Å². The number of benzene rings is 2. The molecule has 6 nitrogen and oxygen atoms in total. The number of nitriles is 1. The van der Waals surface area contributed by atoms with E-state index in [2.05, 4.69) is 46.0 Å². The van der Waals surface area contributed by atoms with Gasteiger partial charge in [-0.25, -0.2) is 0 Å². The molecular formula is C20H19N5OS2. The Morgan fingerprint density at radius 1 is 1.21 bits per heavy atom. The Balaban J connectivity index is 1.57. The first kappa shape index (κ1) is 19.9. The minimum Gasteiger partial charge on any atom is -0.330 e. The molecule has 0 spiro atoms. The molecule has 28 heavy (non-hydrogen) atoms. The molecule has 2 aromatic carbocycles. The van der Waals surface area contributed by atoms with Gasteiger partial charge in [0.1, 0.15) is 0 Å².